The number of oxazole rings is 1. The van der Waals surface area contributed by atoms with Gasteiger partial charge < -0.3 is 14.5 Å². The minimum Gasteiger partial charge on any atom is -0.453 e. The Morgan fingerprint density at radius 2 is 2.03 bits per heavy atom. The van der Waals surface area contributed by atoms with Crippen LogP contribution in [0.25, 0.3) is 11.1 Å². The Morgan fingerprint density at radius 3 is 2.74 bits per heavy atom. The Balaban J connectivity index is 1.53. The van der Waals surface area contributed by atoms with Crippen LogP contribution in [0.2, 0.25) is 0 Å². The maximum absolute atomic E-state index is 13.6. The predicted octanol–water partition coefficient (Wildman–Crippen LogP) is 2.99. The second-order valence-corrected chi connectivity index (χ2v) is 6.63. The molecule has 1 N–H and O–H groups in total. The molecule has 3 rings (SSSR count). The molecular formula is C20H18FN3O7. The highest BCUT2D eigenvalue weighted by Crippen LogP contribution is 2.20. The molecule has 162 valence electrons. The van der Waals surface area contributed by atoms with E-state index in [1.807, 2.05) is 0 Å². The van der Waals surface area contributed by atoms with Gasteiger partial charge in [-0.1, -0.05) is 12.1 Å². The van der Waals surface area contributed by atoms with Crippen LogP contribution >= 0.6 is 0 Å². The number of nitrogens with one attached hydrogen (secondary N) is 1. The fraction of sp³-hybridized carbons (Fsp3) is 0.250. The molecule has 0 aliphatic carbocycles. The number of carbonyl (C=O) groups is 2. The number of hydrogen-bond acceptors (Lipinski definition) is 7. The van der Waals surface area contributed by atoms with Crippen molar-refractivity contribution in [3.05, 3.63) is 68.9 Å². The van der Waals surface area contributed by atoms with Gasteiger partial charge >= 0.3 is 11.7 Å². The lowest BCUT2D eigenvalue weighted by Gasteiger charge is -2.14. The van der Waals surface area contributed by atoms with Gasteiger partial charge in [0.05, 0.1) is 22.2 Å². The molecule has 1 atom stereocenters. The molecule has 0 unspecified atom stereocenters. The van der Waals surface area contributed by atoms with Crippen LogP contribution in [0.1, 0.15) is 19.8 Å². The van der Waals surface area contributed by atoms with Crippen LogP contribution < -0.4 is 11.1 Å². The molecule has 10 nitrogen and oxygen atoms in total. The first-order valence-corrected chi connectivity index (χ1v) is 9.29. The Labute approximate surface area is 174 Å². The van der Waals surface area contributed by atoms with E-state index in [1.165, 1.54) is 41.8 Å². The van der Waals surface area contributed by atoms with Gasteiger partial charge in [-0.15, -0.1) is 0 Å². The Morgan fingerprint density at radius 1 is 1.29 bits per heavy atom. The first kappa shape index (κ1) is 21.7. The minimum absolute atomic E-state index is 0.0261. The van der Waals surface area contributed by atoms with Gasteiger partial charge in [-0.3, -0.25) is 24.3 Å². The number of anilines is 1. The summed E-state index contributed by atoms with van der Waals surface area (Å²) >= 11 is 0. The summed E-state index contributed by atoms with van der Waals surface area (Å²) in [7, 11) is 0. The number of rotatable bonds is 8. The van der Waals surface area contributed by atoms with Crippen molar-refractivity contribution in [1.82, 2.24) is 4.57 Å². The number of nitro benzene ring substituents is 1. The highest BCUT2D eigenvalue weighted by Gasteiger charge is 2.19. The van der Waals surface area contributed by atoms with E-state index >= 15 is 0 Å². The van der Waals surface area contributed by atoms with Gasteiger partial charge in [0, 0.05) is 19.0 Å². The third-order valence-corrected chi connectivity index (χ3v) is 4.43. The highest BCUT2D eigenvalue weighted by atomic mass is 19.1. The first-order chi connectivity index (χ1) is 14.8. The predicted molar refractivity (Wildman–Crippen MR) is 107 cm³/mol. The van der Waals surface area contributed by atoms with E-state index in [0.717, 1.165) is 6.07 Å². The van der Waals surface area contributed by atoms with Crippen molar-refractivity contribution in [2.75, 3.05) is 5.32 Å². The molecule has 11 heteroatoms. The van der Waals surface area contributed by atoms with Crippen LogP contribution in [-0.2, 0) is 20.9 Å². The number of hydrogen-bond donors (Lipinski definition) is 1. The van der Waals surface area contributed by atoms with Gasteiger partial charge in [0.1, 0.15) is 5.82 Å². The van der Waals surface area contributed by atoms with Gasteiger partial charge in [-0.05, 0) is 31.5 Å². The monoisotopic (exact) mass is 431 g/mol. The van der Waals surface area contributed by atoms with Crippen molar-refractivity contribution in [1.29, 1.82) is 0 Å². The zero-order chi connectivity index (χ0) is 22.5. The molecule has 0 radical (unpaired) electrons. The Hall–Kier alpha value is -4.02. The van der Waals surface area contributed by atoms with E-state index in [0.29, 0.717) is 5.52 Å². The van der Waals surface area contributed by atoms with Crippen LogP contribution in [0.5, 0.6) is 0 Å². The lowest BCUT2D eigenvalue weighted by atomic mass is 10.2. The van der Waals surface area contributed by atoms with Crippen molar-refractivity contribution in [3.8, 4) is 0 Å². The van der Waals surface area contributed by atoms with Gasteiger partial charge in [0.15, 0.2) is 11.7 Å². The zero-order valence-corrected chi connectivity index (χ0v) is 16.4. The lowest BCUT2D eigenvalue weighted by Crippen LogP contribution is -2.30. The molecule has 1 heterocycles. The molecule has 0 fully saturated rings. The lowest BCUT2D eigenvalue weighted by molar-refractivity contribution is -0.384. The number of non-ortho nitro benzene ring substituents is 1. The first-order valence-electron chi connectivity index (χ1n) is 9.29. The van der Waals surface area contributed by atoms with E-state index in [1.54, 1.807) is 6.07 Å². The van der Waals surface area contributed by atoms with Crippen molar-refractivity contribution in [2.24, 2.45) is 0 Å². The third kappa shape index (κ3) is 5.13. The van der Waals surface area contributed by atoms with Crippen molar-refractivity contribution in [3.63, 3.8) is 0 Å². The molecule has 1 aromatic heterocycles. The number of carbonyl (C=O) groups excluding carboxylic acids is 2. The van der Waals surface area contributed by atoms with E-state index in [4.69, 9.17) is 9.15 Å². The van der Waals surface area contributed by atoms with Crippen LogP contribution in [0.3, 0.4) is 0 Å². The van der Waals surface area contributed by atoms with Crippen molar-refractivity contribution in [2.45, 2.75) is 32.4 Å². The molecule has 0 saturated carbocycles. The number of aryl methyl sites for hydroxylation is 1. The average molecular weight is 431 g/mol. The largest absolute Gasteiger partial charge is 0.453 e. The number of nitro groups is 1. The summed E-state index contributed by atoms with van der Waals surface area (Å²) in [6.07, 6.45) is -1.04. The van der Waals surface area contributed by atoms with E-state index in [9.17, 15) is 28.9 Å². The second kappa shape index (κ2) is 9.20. The topological polar surface area (TPSA) is 134 Å². The molecule has 0 aliphatic rings. The number of fused-ring (bicyclic) bond motifs is 1. The van der Waals surface area contributed by atoms with Gasteiger partial charge in [-0.25, -0.2) is 9.18 Å². The number of esters is 1. The van der Waals surface area contributed by atoms with Crippen molar-refractivity contribution >= 4 is 34.4 Å². The van der Waals surface area contributed by atoms with Gasteiger partial charge in [0.2, 0.25) is 0 Å². The summed E-state index contributed by atoms with van der Waals surface area (Å²) in [4.78, 5) is 46.3. The third-order valence-electron chi connectivity index (χ3n) is 4.43. The highest BCUT2D eigenvalue weighted by molar-refractivity contribution is 5.95. The Bertz CT molecular complexity index is 1200. The summed E-state index contributed by atoms with van der Waals surface area (Å²) in [5, 5.41) is 13.2. The van der Waals surface area contributed by atoms with E-state index in [2.05, 4.69) is 5.32 Å². The molecule has 0 bridgehead atoms. The van der Waals surface area contributed by atoms with Gasteiger partial charge in [-0.2, -0.15) is 0 Å². The maximum Gasteiger partial charge on any atom is 0.419 e. The molecule has 0 saturated heterocycles. The molecule has 3 aromatic rings. The quantitative estimate of drug-likeness (QED) is 0.329. The molecule has 2 aromatic carbocycles. The number of amides is 1. The van der Waals surface area contributed by atoms with Crippen LogP contribution in [0.4, 0.5) is 15.8 Å². The van der Waals surface area contributed by atoms with Crippen LogP contribution in [0.15, 0.2) is 51.7 Å². The van der Waals surface area contributed by atoms with Gasteiger partial charge in [0.25, 0.3) is 11.6 Å². The minimum atomic E-state index is -1.15. The SMILES string of the molecule is C[C@H](OC(=O)CCCn1c(=O)oc2cc([N+](=O)[O-])ccc21)C(=O)Nc1ccccc1F. The van der Waals surface area contributed by atoms with Crippen molar-refractivity contribution < 1.29 is 28.1 Å². The smallest absolute Gasteiger partial charge is 0.419 e. The van der Waals surface area contributed by atoms with E-state index in [-0.39, 0.29) is 36.3 Å². The number of benzene rings is 2. The summed E-state index contributed by atoms with van der Waals surface area (Å²) in [5.41, 5.74) is 0.197. The molecule has 0 spiro atoms. The maximum atomic E-state index is 13.6. The number of ether oxygens (including phenoxy) is 1. The molecule has 31 heavy (non-hydrogen) atoms. The van der Waals surface area contributed by atoms with Crippen LogP contribution in [-0.4, -0.2) is 27.5 Å². The fourth-order valence-electron chi connectivity index (χ4n) is 2.87. The summed E-state index contributed by atoms with van der Waals surface area (Å²) in [6.45, 7) is 1.46. The summed E-state index contributed by atoms with van der Waals surface area (Å²) in [6, 6.07) is 9.38. The van der Waals surface area contributed by atoms with Crippen LogP contribution in [0, 0.1) is 15.9 Å². The standard InChI is InChI=1S/C20H18FN3O7/c1-12(19(26)22-15-6-3-2-5-14(15)21)30-18(25)7-4-10-23-16-9-8-13(24(28)29)11-17(16)31-20(23)27/h2-3,5-6,8-9,11-12H,4,7,10H2,1H3,(H,22,26)/t12-/m0/s1. The molecular weight excluding hydrogens is 413 g/mol. The number of nitrogens with zero attached hydrogens (tertiary/aromatic N) is 2. The number of aromatic nitrogens is 1. The Kier molecular flexibility index (Phi) is 6.43. The second-order valence-electron chi connectivity index (χ2n) is 6.63. The average Bonchev–Trinajstić information content (AvgIpc) is 3.04. The number of para-hydroxylation sites is 1. The zero-order valence-electron chi connectivity index (χ0n) is 16.4. The number of halogens is 1. The molecule has 0 aliphatic heterocycles. The molecule has 1 amide bonds. The normalized spacial score (nSPS) is 11.8. The summed E-state index contributed by atoms with van der Waals surface area (Å²) in [5.74, 6) is -2.68. The summed E-state index contributed by atoms with van der Waals surface area (Å²) < 4.78 is 24.9. The van der Waals surface area contributed by atoms with E-state index < -0.39 is 34.5 Å². The fourth-order valence-corrected chi connectivity index (χ4v) is 2.87.